The lowest BCUT2D eigenvalue weighted by Gasteiger charge is -2.33. The first-order chi connectivity index (χ1) is 12.6. The second-order valence-corrected chi connectivity index (χ2v) is 6.45. The third-order valence-electron chi connectivity index (χ3n) is 4.56. The summed E-state index contributed by atoms with van der Waals surface area (Å²) in [5.74, 6) is -0.0162. The van der Waals surface area contributed by atoms with Gasteiger partial charge in [-0.05, 0) is 37.3 Å². The number of carbonyl (C=O) groups excluding carboxylic acids is 1. The minimum absolute atomic E-state index is 0.0162. The number of hydrogen-bond acceptors (Lipinski definition) is 5. The zero-order valence-electron chi connectivity index (χ0n) is 14.6. The number of carbonyl (C=O) groups is 1. The molecular weight excluding hydrogens is 328 g/mol. The maximum atomic E-state index is 13.1. The number of aromatic nitrogens is 2. The Bertz CT molecular complexity index is 947. The highest BCUT2D eigenvalue weighted by atomic mass is 16.5. The summed E-state index contributed by atoms with van der Waals surface area (Å²) in [5, 5.41) is 0.862. The molecule has 2 N–H and O–H groups in total. The van der Waals surface area contributed by atoms with E-state index in [0.29, 0.717) is 30.9 Å². The summed E-state index contributed by atoms with van der Waals surface area (Å²) in [6.07, 6.45) is 1.46. The van der Waals surface area contributed by atoms with Crippen LogP contribution in [0, 0.1) is 6.92 Å². The van der Waals surface area contributed by atoms with Gasteiger partial charge in [-0.3, -0.25) is 14.8 Å². The van der Waals surface area contributed by atoms with E-state index in [9.17, 15) is 4.79 Å². The largest absolute Gasteiger partial charge is 0.399 e. The molecule has 1 amide bonds. The molecule has 1 fully saturated rings. The third kappa shape index (κ3) is 3.11. The molecular formula is C20H20N4O2. The summed E-state index contributed by atoms with van der Waals surface area (Å²) in [4.78, 5) is 23.8. The number of amides is 1. The number of fused-ring (bicyclic) bond motifs is 1. The van der Waals surface area contributed by atoms with Crippen LogP contribution in [-0.4, -0.2) is 40.5 Å². The van der Waals surface area contributed by atoms with Gasteiger partial charge in [0.1, 0.15) is 6.10 Å². The maximum absolute atomic E-state index is 13.1. The SMILES string of the molecule is Cc1cc(N)cc(C2CN(C(=O)c3cccc4ncccc34)CCO2)n1. The zero-order valence-corrected chi connectivity index (χ0v) is 14.6. The summed E-state index contributed by atoms with van der Waals surface area (Å²) in [6, 6.07) is 13.0. The van der Waals surface area contributed by atoms with Crippen molar-refractivity contribution in [3.05, 3.63) is 65.6 Å². The Kier molecular flexibility index (Phi) is 4.26. The van der Waals surface area contributed by atoms with Gasteiger partial charge in [-0.15, -0.1) is 0 Å². The van der Waals surface area contributed by atoms with Crippen LogP contribution in [0.25, 0.3) is 10.9 Å². The lowest BCUT2D eigenvalue weighted by atomic mass is 10.1. The molecule has 1 aliphatic heterocycles. The number of rotatable bonds is 2. The highest BCUT2D eigenvalue weighted by Gasteiger charge is 2.28. The minimum Gasteiger partial charge on any atom is -0.399 e. The van der Waals surface area contributed by atoms with Crippen LogP contribution in [0.4, 0.5) is 5.69 Å². The smallest absolute Gasteiger partial charge is 0.254 e. The summed E-state index contributed by atoms with van der Waals surface area (Å²) < 4.78 is 5.85. The molecule has 1 atom stereocenters. The van der Waals surface area contributed by atoms with Crippen LogP contribution in [-0.2, 0) is 4.74 Å². The van der Waals surface area contributed by atoms with Crippen molar-refractivity contribution in [2.75, 3.05) is 25.4 Å². The van der Waals surface area contributed by atoms with Gasteiger partial charge in [0, 0.05) is 35.1 Å². The molecule has 26 heavy (non-hydrogen) atoms. The van der Waals surface area contributed by atoms with Crippen molar-refractivity contribution in [3.63, 3.8) is 0 Å². The molecule has 0 radical (unpaired) electrons. The van der Waals surface area contributed by atoms with Crippen molar-refractivity contribution in [1.82, 2.24) is 14.9 Å². The van der Waals surface area contributed by atoms with E-state index >= 15 is 0 Å². The van der Waals surface area contributed by atoms with Gasteiger partial charge in [-0.25, -0.2) is 0 Å². The van der Waals surface area contributed by atoms with Crippen molar-refractivity contribution in [2.24, 2.45) is 0 Å². The fourth-order valence-corrected chi connectivity index (χ4v) is 3.36. The zero-order chi connectivity index (χ0) is 18.1. The Labute approximate surface area is 151 Å². The Morgan fingerprint density at radius 3 is 3.00 bits per heavy atom. The highest BCUT2D eigenvalue weighted by molar-refractivity contribution is 6.06. The van der Waals surface area contributed by atoms with Crippen LogP contribution in [0.15, 0.2) is 48.7 Å². The van der Waals surface area contributed by atoms with E-state index in [1.165, 1.54) is 0 Å². The van der Waals surface area contributed by atoms with Crippen LogP contribution in [0.2, 0.25) is 0 Å². The van der Waals surface area contributed by atoms with Gasteiger partial charge in [0.05, 0.1) is 24.4 Å². The van der Waals surface area contributed by atoms with Gasteiger partial charge >= 0.3 is 0 Å². The normalized spacial score (nSPS) is 17.4. The summed E-state index contributed by atoms with van der Waals surface area (Å²) in [6.45, 7) is 3.36. The van der Waals surface area contributed by atoms with Crippen molar-refractivity contribution in [2.45, 2.75) is 13.0 Å². The highest BCUT2D eigenvalue weighted by Crippen LogP contribution is 2.25. The molecule has 6 nitrogen and oxygen atoms in total. The van der Waals surface area contributed by atoms with E-state index in [1.54, 1.807) is 6.20 Å². The van der Waals surface area contributed by atoms with Crippen LogP contribution >= 0.6 is 0 Å². The Morgan fingerprint density at radius 1 is 1.27 bits per heavy atom. The third-order valence-corrected chi connectivity index (χ3v) is 4.56. The van der Waals surface area contributed by atoms with Crippen molar-refractivity contribution < 1.29 is 9.53 Å². The van der Waals surface area contributed by atoms with Gasteiger partial charge in [0.2, 0.25) is 0 Å². The number of nitrogens with zero attached hydrogens (tertiary/aromatic N) is 3. The molecule has 1 aliphatic rings. The lowest BCUT2D eigenvalue weighted by molar-refractivity contribution is -0.0246. The molecule has 3 aromatic rings. The van der Waals surface area contributed by atoms with Gasteiger partial charge in [0.15, 0.2) is 0 Å². The van der Waals surface area contributed by atoms with Crippen molar-refractivity contribution >= 4 is 22.5 Å². The van der Waals surface area contributed by atoms with E-state index < -0.39 is 0 Å². The predicted octanol–water partition coefficient (Wildman–Crippen LogP) is 2.73. The number of pyridine rings is 2. The summed E-state index contributed by atoms with van der Waals surface area (Å²) in [7, 11) is 0. The monoisotopic (exact) mass is 348 g/mol. The Balaban J connectivity index is 1.62. The average Bonchev–Trinajstić information content (AvgIpc) is 2.66. The molecule has 1 aromatic carbocycles. The standard InChI is InChI=1S/C20H20N4O2/c1-13-10-14(21)11-18(23-13)19-12-24(8-9-26-19)20(25)16-4-2-6-17-15(16)5-3-7-22-17/h2-7,10-11,19H,8-9,12H2,1H3,(H2,21,23). The number of ether oxygens (including phenoxy) is 1. The quantitative estimate of drug-likeness (QED) is 0.770. The Hall–Kier alpha value is -2.99. The molecule has 1 saturated heterocycles. The first kappa shape index (κ1) is 16.5. The molecule has 0 spiro atoms. The number of hydrogen-bond donors (Lipinski definition) is 1. The van der Waals surface area contributed by atoms with Crippen molar-refractivity contribution in [3.8, 4) is 0 Å². The van der Waals surface area contributed by atoms with Gasteiger partial charge in [-0.2, -0.15) is 0 Å². The first-order valence-corrected chi connectivity index (χ1v) is 8.60. The number of nitrogen functional groups attached to an aromatic ring is 1. The van der Waals surface area contributed by atoms with E-state index in [2.05, 4.69) is 9.97 Å². The number of anilines is 1. The number of morpholine rings is 1. The van der Waals surface area contributed by atoms with E-state index in [-0.39, 0.29) is 12.0 Å². The fourth-order valence-electron chi connectivity index (χ4n) is 3.36. The fraction of sp³-hybridized carbons (Fsp3) is 0.250. The van der Waals surface area contributed by atoms with Gasteiger partial charge in [0.25, 0.3) is 5.91 Å². The summed E-state index contributed by atoms with van der Waals surface area (Å²) >= 11 is 0. The predicted molar refractivity (Wildman–Crippen MR) is 99.7 cm³/mol. The molecule has 1 unspecified atom stereocenters. The maximum Gasteiger partial charge on any atom is 0.254 e. The molecule has 132 valence electrons. The Morgan fingerprint density at radius 2 is 2.15 bits per heavy atom. The molecule has 0 aliphatic carbocycles. The van der Waals surface area contributed by atoms with Crippen LogP contribution in [0.5, 0.6) is 0 Å². The van der Waals surface area contributed by atoms with Gasteiger partial charge in [-0.1, -0.05) is 12.1 Å². The van der Waals surface area contributed by atoms with Gasteiger partial charge < -0.3 is 15.4 Å². The molecule has 0 bridgehead atoms. The van der Waals surface area contributed by atoms with Crippen molar-refractivity contribution in [1.29, 1.82) is 0 Å². The topological polar surface area (TPSA) is 81.3 Å². The second-order valence-electron chi connectivity index (χ2n) is 6.45. The molecule has 6 heteroatoms. The number of nitrogens with two attached hydrogens (primary N) is 1. The average molecular weight is 348 g/mol. The molecule has 3 heterocycles. The van der Waals surface area contributed by atoms with Crippen LogP contribution in [0.3, 0.4) is 0 Å². The second kappa shape index (κ2) is 6.72. The lowest BCUT2D eigenvalue weighted by Crippen LogP contribution is -2.42. The number of aryl methyl sites for hydroxylation is 1. The van der Waals surface area contributed by atoms with Crippen LogP contribution < -0.4 is 5.73 Å². The van der Waals surface area contributed by atoms with E-state index in [0.717, 1.165) is 22.3 Å². The summed E-state index contributed by atoms with van der Waals surface area (Å²) in [5.41, 5.74) is 9.66. The number of benzene rings is 1. The molecule has 0 saturated carbocycles. The first-order valence-electron chi connectivity index (χ1n) is 8.60. The van der Waals surface area contributed by atoms with Crippen LogP contribution in [0.1, 0.15) is 27.8 Å². The molecule has 2 aromatic heterocycles. The minimum atomic E-state index is -0.275. The van der Waals surface area contributed by atoms with E-state index in [1.807, 2.05) is 54.3 Å². The molecule has 4 rings (SSSR count). The van der Waals surface area contributed by atoms with E-state index in [4.69, 9.17) is 10.5 Å².